The first-order chi connectivity index (χ1) is 10.4. The maximum Gasteiger partial charge on any atom is 0.308 e. The van der Waals surface area contributed by atoms with Crippen LogP contribution in [0, 0.1) is 11.8 Å². The van der Waals surface area contributed by atoms with Crippen LogP contribution in [0.5, 0.6) is 5.75 Å². The van der Waals surface area contributed by atoms with Crippen LogP contribution in [0.25, 0.3) is 0 Å². The van der Waals surface area contributed by atoms with Gasteiger partial charge >= 0.3 is 5.97 Å². The maximum atomic E-state index is 11.9. The van der Waals surface area contributed by atoms with E-state index in [0.717, 1.165) is 11.3 Å². The van der Waals surface area contributed by atoms with Crippen molar-refractivity contribution in [3.63, 3.8) is 0 Å². The van der Waals surface area contributed by atoms with Gasteiger partial charge in [0.15, 0.2) is 0 Å². The van der Waals surface area contributed by atoms with Gasteiger partial charge in [0.25, 0.3) is 0 Å². The van der Waals surface area contributed by atoms with E-state index in [-0.39, 0.29) is 12.4 Å². The minimum Gasteiger partial charge on any atom is -0.497 e. The molecule has 5 nitrogen and oxygen atoms in total. The zero-order valence-corrected chi connectivity index (χ0v) is 13.5. The second-order valence-electron chi connectivity index (χ2n) is 5.36. The lowest BCUT2D eigenvalue weighted by Gasteiger charge is -2.26. The number of Topliss-reactive ketones (excluding diaryl/α,β-unsaturated/α-hetero) is 1. The van der Waals surface area contributed by atoms with Crippen LogP contribution in [0.3, 0.4) is 0 Å². The Labute approximate surface area is 131 Å². The lowest BCUT2D eigenvalue weighted by Crippen LogP contribution is -2.37. The molecule has 0 fully saturated rings. The van der Waals surface area contributed by atoms with E-state index in [1.165, 1.54) is 0 Å². The molecule has 0 saturated carbocycles. The van der Waals surface area contributed by atoms with Crippen molar-refractivity contribution < 1.29 is 24.2 Å². The Hall–Kier alpha value is -1.88. The van der Waals surface area contributed by atoms with Crippen LogP contribution in [0.1, 0.15) is 32.8 Å². The average molecular weight is 308 g/mol. The molecule has 0 aliphatic heterocycles. The summed E-state index contributed by atoms with van der Waals surface area (Å²) in [4.78, 5) is 23.1. The highest BCUT2D eigenvalue weighted by Crippen LogP contribution is 2.22. The van der Waals surface area contributed by atoms with E-state index in [4.69, 9.17) is 9.47 Å². The highest BCUT2D eigenvalue weighted by atomic mass is 16.5. The fourth-order valence-corrected chi connectivity index (χ4v) is 2.28. The lowest BCUT2D eigenvalue weighted by atomic mass is 9.89. The second kappa shape index (κ2) is 8.54. The van der Waals surface area contributed by atoms with Crippen molar-refractivity contribution in [2.45, 2.75) is 39.9 Å². The van der Waals surface area contributed by atoms with Gasteiger partial charge in [-0.25, -0.2) is 0 Å². The summed E-state index contributed by atoms with van der Waals surface area (Å²) >= 11 is 0. The average Bonchev–Trinajstić information content (AvgIpc) is 2.54. The van der Waals surface area contributed by atoms with E-state index in [1.807, 2.05) is 24.3 Å². The van der Waals surface area contributed by atoms with Gasteiger partial charge in [-0.3, -0.25) is 9.59 Å². The Bertz CT molecular complexity index is 494. The monoisotopic (exact) mass is 308 g/mol. The van der Waals surface area contributed by atoms with E-state index in [2.05, 4.69) is 0 Å². The predicted octanol–water partition coefficient (Wildman–Crippen LogP) is 2.92. The summed E-state index contributed by atoms with van der Waals surface area (Å²) in [7, 11) is 1.59. The molecule has 0 aromatic heterocycles. The van der Waals surface area contributed by atoms with Crippen molar-refractivity contribution in [1.82, 2.24) is 0 Å². The summed E-state index contributed by atoms with van der Waals surface area (Å²) in [6, 6.07) is 7.34. The summed E-state index contributed by atoms with van der Waals surface area (Å²) in [5, 5.41) is 9.21. The highest BCUT2D eigenvalue weighted by Gasteiger charge is 2.32. The molecule has 1 N–H and O–H groups in total. The number of carbonyl (C=O) groups excluding carboxylic acids is 1. The summed E-state index contributed by atoms with van der Waals surface area (Å²) in [6.07, 6.45) is -0.275. The van der Waals surface area contributed by atoms with Crippen LogP contribution in [-0.4, -0.2) is 30.1 Å². The normalized spacial score (nSPS) is 14.9. The Morgan fingerprint density at radius 2 is 1.73 bits per heavy atom. The third-order valence-corrected chi connectivity index (χ3v) is 3.83. The van der Waals surface area contributed by atoms with Crippen LogP contribution in [0.4, 0.5) is 0 Å². The number of hydrogen-bond donors (Lipinski definition) is 1. The van der Waals surface area contributed by atoms with Crippen molar-refractivity contribution in [3.8, 4) is 5.75 Å². The minimum absolute atomic E-state index is 0.00725. The fourth-order valence-electron chi connectivity index (χ4n) is 2.28. The van der Waals surface area contributed by atoms with E-state index in [1.54, 1.807) is 27.9 Å². The second-order valence-corrected chi connectivity index (χ2v) is 5.36. The molecule has 122 valence electrons. The quantitative estimate of drug-likeness (QED) is 0.759. The van der Waals surface area contributed by atoms with Crippen molar-refractivity contribution in [3.05, 3.63) is 29.8 Å². The van der Waals surface area contributed by atoms with Crippen molar-refractivity contribution >= 4 is 11.8 Å². The van der Waals surface area contributed by atoms with Gasteiger partial charge in [0.2, 0.25) is 0 Å². The van der Waals surface area contributed by atoms with Gasteiger partial charge < -0.3 is 14.6 Å². The molecule has 1 rings (SSSR count). The molecule has 22 heavy (non-hydrogen) atoms. The van der Waals surface area contributed by atoms with Gasteiger partial charge in [-0.1, -0.05) is 26.0 Å². The van der Waals surface area contributed by atoms with Crippen LogP contribution in [-0.2, 0) is 20.9 Å². The van der Waals surface area contributed by atoms with Crippen LogP contribution in [0.15, 0.2) is 24.3 Å². The topological polar surface area (TPSA) is 72.8 Å². The SMILES string of the molecule is CCC(=O)[C@@H](C)[C@H](OCc1ccc(OC)cc1)[C@H](C)C(=O)O. The van der Waals surface area contributed by atoms with Crippen molar-refractivity contribution in [2.24, 2.45) is 11.8 Å². The molecule has 0 aliphatic rings. The number of aliphatic carboxylic acids is 1. The molecule has 0 spiro atoms. The minimum atomic E-state index is -0.963. The third kappa shape index (κ3) is 4.84. The number of carbonyl (C=O) groups is 2. The molecule has 0 bridgehead atoms. The molecule has 1 aromatic carbocycles. The molecule has 1 aromatic rings. The molecule has 3 atom stereocenters. The number of ketones is 1. The number of carboxylic acid groups (broad SMARTS) is 1. The standard InChI is InChI=1S/C17H24O5/c1-5-15(18)11(2)16(12(3)17(19)20)22-10-13-6-8-14(21-4)9-7-13/h6-9,11-12,16H,5,10H2,1-4H3,(H,19,20)/t11-,12+,16+/m1/s1. The van der Waals surface area contributed by atoms with Gasteiger partial charge in [-0.15, -0.1) is 0 Å². The van der Waals surface area contributed by atoms with E-state index in [9.17, 15) is 14.7 Å². The lowest BCUT2D eigenvalue weighted by molar-refractivity contribution is -0.151. The number of benzene rings is 1. The van der Waals surface area contributed by atoms with Crippen LogP contribution >= 0.6 is 0 Å². The van der Waals surface area contributed by atoms with Crippen molar-refractivity contribution in [1.29, 1.82) is 0 Å². The maximum absolute atomic E-state index is 11.9. The number of carboxylic acids is 1. The fraction of sp³-hybridized carbons (Fsp3) is 0.529. The van der Waals surface area contributed by atoms with Gasteiger partial charge in [-0.05, 0) is 24.6 Å². The summed E-state index contributed by atoms with van der Waals surface area (Å²) in [5.74, 6) is -1.41. The first kappa shape index (κ1) is 18.2. The number of hydrogen-bond acceptors (Lipinski definition) is 4. The Morgan fingerprint density at radius 1 is 1.14 bits per heavy atom. The highest BCUT2D eigenvalue weighted by molar-refractivity contribution is 5.82. The predicted molar refractivity (Wildman–Crippen MR) is 82.8 cm³/mol. The molecule has 0 radical (unpaired) electrons. The van der Waals surface area contributed by atoms with E-state index in [0.29, 0.717) is 6.42 Å². The molecular weight excluding hydrogens is 284 g/mol. The third-order valence-electron chi connectivity index (χ3n) is 3.83. The van der Waals surface area contributed by atoms with Gasteiger partial charge in [-0.2, -0.15) is 0 Å². The summed E-state index contributed by atoms with van der Waals surface area (Å²) < 4.78 is 10.9. The van der Waals surface area contributed by atoms with Gasteiger partial charge in [0.05, 0.1) is 25.7 Å². The molecular formula is C17H24O5. The first-order valence-electron chi connectivity index (χ1n) is 7.40. The molecule has 5 heteroatoms. The van der Waals surface area contributed by atoms with E-state index >= 15 is 0 Å². The number of methoxy groups -OCH3 is 1. The first-order valence-corrected chi connectivity index (χ1v) is 7.40. The molecule has 0 aliphatic carbocycles. The largest absolute Gasteiger partial charge is 0.497 e. The Balaban J connectivity index is 2.79. The Morgan fingerprint density at radius 3 is 2.18 bits per heavy atom. The van der Waals surface area contributed by atoms with Crippen LogP contribution < -0.4 is 4.74 Å². The molecule has 0 unspecified atom stereocenters. The van der Waals surface area contributed by atoms with E-state index < -0.39 is 23.9 Å². The summed E-state index contributed by atoms with van der Waals surface area (Å²) in [5.41, 5.74) is 0.902. The molecule has 0 saturated heterocycles. The van der Waals surface area contributed by atoms with Gasteiger partial charge in [0, 0.05) is 12.3 Å². The summed E-state index contributed by atoms with van der Waals surface area (Å²) in [6.45, 7) is 5.32. The molecule has 0 heterocycles. The molecule has 0 amide bonds. The number of rotatable bonds is 9. The van der Waals surface area contributed by atoms with Crippen molar-refractivity contribution in [2.75, 3.05) is 7.11 Å². The zero-order valence-electron chi connectivity index (χ0n) is 13.5. The Kier molecular flexibility index (Phi) is 7.05. The van der Waals surface area contributed by atoms with Gasteiger partial charge in [0.1, 0.15) is 11.5 Å². The smallest absolute Gasteiger partial charge is 0.308 e. The van der Waals surface area contributed by atoms with Crippen LogP contribution in [0.2, 0.25) is 0 Å². The number of ether oxygens (including phenoxy) is 2. The zero-order chi connectivity index (χ0) is 16.7.